The molecule has 1 aliphatic rings. The third-order valence-corrected chi connectivity index (χ3v) is 2.48. The number of carbonyl (C=O) groups excluding carboxylic acids is 2. The highest BCUT2D eigenvalue weighted by Gasteiger charge is 2.25. The summed E-state index contributed by atoms with van der Waals surface area (Å²) >= 11 is 0. The Labute approximate surface area is 98.5 Å². The lowest BCUT2D eigenvalue weighted by Crippen LogP contribution is -2.45. The molecule has 0 aliphatic carbocycles. The second-order valence-electron chi connectivity index (χ2n) is 3.74. The van der Waals surface area contributed by atoms with E-state index in [1.807, 2.05) is 0 Å². The van der Waals surface area contributed by atoms with Gasteiger partial charge in [0.1, 0.15) is 11.8 Å². The van der Waals surface area contributed by atoms with E-state index in [0.29, 0.717) is 6.42 Å². The van der Waals surface area contributed by atoms with Gasteiger partial charge in [-0.25, -0.2) is 9.80 Å². The first-order valence-corrected chi connectivity index (χ1v) is 5.33. The highest BCUT2D eigenvalue weighted by molar-refractivity contribution is 6.39. The van der Waals surface area contributed by atoms with E-state index in [0.717, 1.165) is 5.01 Å². The molecule has 0 radical (unpaired) electrons. The molecule has 0 bridgehead atoms. The zero-order valence-electron chi connectivity index (χ0n) is 9.77. The standard InChI is InChI=1S/C10H15N3O4/c1-3-6(10(16)17)11-9(15)7-4-5-8(14)13(2)12-7/h6H,3-5H2,1-2H3,(H,11,15)(H,16,17)/t6-/m1/s1. The van der Waals surface area contributed by atoms with Crippen LogP contribution in [0.1, 0.15) is 26.2 Å². The van der Waals surface area contributed by atoms with Crippen molar-refractivity contribution in [2.75, 3.05) is 7.05 Å². The average Bonchev–Trinajstić information content (AvgIpc) is 2.28. The minimum atomic E-state index is -1.08. The molecule has 2 N–H and O–H groups in total. The van der Waals surface area contributed by atoms with Gasteiger partial charge in [0.15, 0.2) is 0 Å². The molecule has 94 valence electrons. The lowest BCUT2D eigenvalue weighted by Gasteiger charge is -2.20. The molecule has 2 amide bonds. The number of carbonyl (C=O) groups is 3. The van der Waals surface area contributed by atoms with E-state index in [4.69, 9.17) is 5.11 Å². The normalized spacial score (nSPS) is 17.4. The molecule has 7 nitrogen and oxygen atoms in total. The van der Waals surface area contributed by atoms with Crippen LogP contribution in [0.15, 0.2) is 5.10 Å². The van der Waals surface area contributed by atoms with Gasteiger partial charge in [-0.15, -0.1) is 0 Å². The maximum atomic E-state index is 11.7. The van der Waals surface area contributed by atoms with Crippen molar-refractivity contribution in [1.29, 1.82) is 0 Å². The molecule has 0 aromatic carbocycles. The minimum Gasteiger partial charge on any atom is -0.480 e. The maximum absolute atomic E-state index is 11.7. The molecular formula is C10H15N3O4. The number of hydrogen-bond donors (Lipinski definition) is 2. The van der Waals surface area contributed by atoms with E-state index in [9.17, 15) is 14.4 Å². The summed E-state index contributed by atoms with van der Waals surface area (Å²) in [6.07, 6.45) is 0.751. The zero-order valence-corrected chi connectivity index (χ0v) is 9.77. The number of hydrazone groups is 1. The number of rotatable bonds is 4. The highest BCUT2D eigenvalue weighted by Crippen LogP contribution is 2.07. The number of carboxylic acid groups (broad SMARTS) is 1. The Balaban J connectivity index is 2.68. The molecule has 0 fully saturated rings. The maximum Gasteiger partial charge on any atom is 0.326 e. The van der Waals surface area contributed by atoms with Crippen molar-refractivity contribution in [2.45, 2.75) is 32.2 Å². The second kappa shape index (κ2) is 5.42. The largest absolute Gasteiger partial charge is 0.480 e. The van der Waals surface area contributed by atoms with Crippen LogP contribution in [-0.2, 0) is 14.4 Å². The van der Waals surface area contributed by atoms with Crippen LogP contribution in [0, 0.1) is 0 Å². The van der Waals surface area contributed by atoms with Crippen LogP contribution in [0.2, 0.25) is 0 Å². The van der Waals surface area contributed by atoms with Gasteiger partial charge in [0, 0.05) is 19.9 Å². The molecule has 0 saturated heterocycles. The molecule has 1 aliphatic heterocycles. The van der Waals surface area contributed by atoms with Gasteiger partial charge >= 0.3 is 5.97 Å². The van der Waals surface area contributed by atoms with E-state index in [1.165, 1.54) is 7.05 Å². The SMILES string of the molecule is CC[C@@H](NC(=O)C1=NN(C)C(=O)CC1)C(=O)O. The zero-order chi connectivity index (χ0) is 13.0. The summed E-state index contributed by atoms with van der Waals surface area (Å²) in [5.74, 6) is -1.77. The minimum absolute atomic E-state index is 0.160. The summed E-state index contributed by atoms with van der Waals surface area (Å²) in [5.41, 5.74) is 0.187. The highest BCUT2D eigenvalue weighted by atomic mass is 16.4. The monoisotopic (exact) mass is 241 g/mol. The van der Waals surface area contributed by atoms with E-state index in [1.54, 1.807) is 6.92 Å². The molecule has 0 saturated carbocycles. The van der Waals surface area contributed by atoms with Gasteiger partial charge in [0.2, 0.25) is 5.91 Å². The number of nitrogens with one attached hydrogen (secondary N) is 1. The van der Waals surface area contributed by atoms with Gasteiger partial charge in [0.25, 0.3) is 5.91 Å². The van der Waals surface area contributed by atoms with Crippen molar-refractivity contribution in [3.63, 3.8) is 0 Å². The predicted molar refractivity (Wildman–Crippen MR) is 59.3 cm³/mol. The van der Waals surface area contributed by atoms with Crippen molar-refractivity contribution in [3.8, 4) is 0 Å². The first kappa shape index (κ1) is 13.1. The molecule has 7 heteroatoms. The number of aliphatic carboxylic acids is 1. The molecule has 17 heavy (non-hydrogen) atoms. The average molecular weight is 241 g/mol. The summed E-state index contributed by atoms with van der Waals surface area (Å²) in [7, 11) is 1.46. The molecular weight excluding hydrogens is 226 g/mol. The van der Waals surface area contributed by atoms with Gasteiger partial charge in [-0.2, -0.15) is 5.10 Å². The Kier molecular flexibility index (Phi) is 4.19. The molecule has 0 spiro atoms. The molecule has 1 rings (SSSR count). The number of amides is 2. The van der Waals surface area contributed by atoms with Gasteiger partial charge in [-0.05, 0) is 6.42 Å². The molecule has 0 unspecified atom stereocenters. The summed E-state index contributed by atoms with van der Waals surface area (Å²) < 4.78 is 0. The fourth-order valence-corrected chi connectivity index (χ4v) is 1.41. The van der Waals surface area contributed by atoms with Crippen molar-refractivity contribution in [3.05, 3.63) is 0 Å². The molecule has 1 atom stereocenters. The summed E-state index contributed by atoms with van der Waals surface area (Å²) in [4.78, 5) is 33.6. The van der Waals surface area contributed by atoms with E-state index in [-0.39, 0.29) is 24.5 Å². The topological polar surface area (TPSA) is 99.1 Å². The number of hydrogen-bond acceptors (Lipinski definition) is 4. The Hall–Kier alpha value is -1.92. The van der Waals surface area contributed by atoms with E-state index >= 15 is 0 Å². The first-order valence-electron chi connectivity index (χ1n) is 5.33. The van der Waals surface area contributed by atoms with Crippen molar-refractivity contribution in [1.82, 2.24) is 10.3 Å². The third-order valence-electron chi connectivity index (χ3n) is 2.48. The second-order valence-corrected chi connectivity index (χ2v) is 3.74. The predicted octanol–water partition coefficient (Wildman–Crippen LogP) is -0.426. The molecule has 0 aromatic heterocycles. The number of carboxylic acids is 1. The van der Waals surface area contributed by atoms with E-state index in [2.05, 4.69) is 10.4 Å². The van der Waals surface area contributed by atoms with Crippen LogP contribution < -0.4 is 5.32 Å². The summed E-state index contributed by atoms with van der Waals surface area (Å²) in [6.45, 7) is 1.66. The quantitative estimate of drug-likeness (QED) is 0.697. The van der Waals surface area contributed by atoms with Gasteiger partial charge in [-0.3, -0.25) is 9.59 Å². The summed E-state index contributed by atoms with van der Waals surface area (Å²) in [5, 5.41) is 16.1. The Morgan fingerprint density at radius 2 is 2.18 bits per heavy atom. The van der Waals surface area contributed by atoms with Crippen LogP contribution in [0.5, 0.6) is 0 Å². The Morgan fingerprint density at radius 1 is 1.53 bits per heavy atom. The van der Waals surface area contributed by atoms with Crippen LogP contribution in [-0.4, -0.2) is 46.7 Å². The molecule has 1 heterocycles. The smallest absolute Gasteiger partial charge is 0.326 e. The first-order chi connectivity index (χ1) is 7.95. The fourth-order valence-electron chi connectivity index (χ4n) is 1.41. The van der Waals surface area contributed by atoms with Crippen LogP contribution in [0.4, 0.5) is 0 Å². The van der Waals surface area contributed by atoms with Crippen molar-refractivity contribution >= 4 is 23.5 Å². The van der Waals surface area contributed by atoms with Gasteiger partial charge in [-0.1, -0.05) is 6.92 Å². The fraction of sp³-hybridized carbons (Fsp3) is 0.600. The Bertz CT molecular complexity index is 378. The third kappa shape index (κ3) is 3.27. The van der Waals surface area contributed by atoms with Crippen LogP contribution >= 0.6 is 0 Å². The molecule has 0 aromatic rings. The van der Waals surface area contributed by atoms with Crippen LogP contribution in [0.3, 0.4) is 0 Å². The summed E-state index contributed by atoms with van der Waals surface area (Å²) in [6, 6.07) is -0.923. The van der Waals surface area contributed by atoms with Crippen LogP contribution in [0.25, 0.3) is 0 Å². The van der Waals surface area contributed by atoms with Crippen molar-refractivity contribution in [2.24, 2.45) is 5.10 Å². The lowest BCUT2D eigenvalue weighted by molar-refractivity contribution is -0.141. The van der Waals surface area contributed by atoms with Gasteiger partial charge < -0.3 is 10.4 Å². The van der Waals surface area contributed by atoms with Crippen molar-refractivity contribution < 1.29 is 19.5 Å². The number of nitrogens with zero attached hydrogens (tertiary/aromatic N) is 2. The lowest BCUT2D eigenvalue weighted by atomic mass is 10.1. The van der Waals surface area contributed by atoms with Gasteiger partial charge in [0.05, 0.1) is 0 Å². The Morgan fingerprint density at radius 3 is 2.65 bits per heavy atom. The van der Waals surface area contributed by atoms with E-state index < -0.39 is 17.9 Å².